The molecule has 0 spiro atoms. The lowest BCUT2D eigenvalue weighted by Gasteiger charge is -2.08. The molecule has 2 rings (SSSR count). The fourth-order valence-electron chi connectivity index (χ4n) is 1.53. The van der Waals surface area contributed by atoms with Crippen molar-refractivity contribution in [3.05, 3.63) is 29.5 Å². The van der Waals surface area contributed by atoms with Crippen LogP contribution in [-0.4, -0.2) is 28.6 Å². The third-order valence-electron chi connectivity index (χ3n) is 2.49. The third-order valence-corrected chi connectivity index (χ3v) is 2.66. The maximum Gasteiger partial charge on any atom is 0.233 e. The number of nitrogens with zero attached hydrogens (tertiary/aromatic N) is 3. The van der Waals surface area contributed by atoms with Gasteiger partial charge in [-0.25, -0.2) is 0 Å². The van der Waals surface area contributed by atoms with E-state index in [2.05, 4.69) is 32.5 Å². The number of hydrogen-bond acceptors (Lipinski definition) is 6. The van der Waals surface area contributed by atoms with Gasteiger partial charge in [0.1, 0.15) is 5.75 Å². The molecule has 7 heteroatoms. The second-order valence-electron chi connectivity index (χ2n) is 4.03. The first-order chi connectivity index (χ1) is 9.71. The van der Waals surface area contributed by atoms with E-state index in [-0.39, 0.29) is 5.28 Å². The summed E-state index contributed by atoms with van der Waals surface area (Å²) in [6, 6.07) is 7.44. The van der Waals surface area contributed by atoms with Crippen molar-refractivity contribution in [2.75, 3.05) is 24.3 Å². The summed E-state index contributed by atoms with van der Waals surface area (Å²) in [5.41, 5.74) is 0.842. The molecule has 2 aromatic rings. The Morgan fingerprint density at radius 2 is 1.80 bits per heavy atom. The minimum atomic E-state index is 0.148. The van der Waals surface area contributed by atoms with E-state index in [9.17, 15) is 0 Å². The molecule has 0 saturated carbocycles. The molecule has 0 aliphatic heterocycles. The van der Waals surface area contributed by atoms with E-state index in [4.69, 9.17) is 16.3 Å². The number of benzene rings is 1. The zero-order valence-electron chi connectivity index (χ0n) is 11.4. The predicted octanol–water partition coefficient (Wildman–Crippen LogP) is 3.10. The van der Waals surface area contributed by atoms with Crippen LogP contribution in [0.3, 0.4) is 0 Å². The summed E-state index contributed by atoms with van der Waals surface area (Å²) in [6.45, 7) is 2.84. The molecule has 0 fully saturated rings. The zero-order valence-corrected chi connectivity index (χ0v) is 12.1. The molecule has 0 amide bonds. The molecule has 1 aromatic heterocycles. The van der Waals surface area contributed by atoms with Crippen molar-refractivity contribution < 1.29 is 4.74 Å². The maximum atomic E-state index is 5.88. The van der Waals surface area contributed by atoms with E-state index in [0.717, 1.165) is 24.4 Å². The first-order valence-electron chi connectivity index (χ1n) is 6.28. The Balaban J connectivity index is 2.12. The second kappa shape index (κ2) is 6.91. The number of hydrogen-bond donors (Lipinski definition) is 2. The van der Waals surface area contributed by atoms with Gasteiger partial charge in [-0.3, -0.25) is 0 Å². The molecule has 20 heavy (non-hydrogen) atoms. The molecule has 0 unspecified atom stereocenters. The highest BCUT2D eigenvalue weighted by molar-refractivity contribution is 6.28. The Hall–Kier alpha value is -2.08. The van der Waals surface area contributed by atoms with Crippen LogP contribution in [0.2, 0.25) is 5.28 Å². The number of rotatable bonds is 6. The van der Waals surface area contributed by atoms with E-state index < -0.39 is 0 Å². The molecule has 0 aliphatic rings. The van der Waals surface area contributed by atoms with Crippen LogP contribution in [0.15, 0.2) is 24.3 Å². The number of ether oxygens (including phenoxy) is 1. The molecule has 6 nitrogen and oxygen atoms in total. The van der Waals surface area contributed by atoms with E-state index in [1.54, 1.807) is 7.11 Å². The summed E-state index contributed by atoms with van der Waals surface area (Å²) in [4.78, 5) is 12.3. The van der Waals surface area contributed by atoms with Crippen LogP contribution in [0.4, 0.5) is 17.6 Å². The highest BCUT2D eigenvalue weighted by Gasteiger charge is 2.05. The quantitative estimate of drug-likeness (QED) is 0.853. The summed E-state index contributed by atoms with van der Waals surface area (Å²) in [5, 5.41) is 6.29. The monoisotopic (exact) mass is 293 g/mol. The van der Waals surface area contributed by atoms with Gasteiger partial charge in [-0.2, -0.15) is 15.0 Å². The highest BCUT2D eigenvalue weighted by Crippen LogP contribution is 2.19. The lowest BCUT2D eigenvalue weighted by atomic mass is 10.3. The molecular weight excluding hydrogens is 278 g/mol. The average Bonchev–Trinajstić information content (AvgIpc) is 2.45. The fraction of sp³-hybridized carbons (Fsp3) is 0.308. The molecule has 0 atom stereocenters. The summed E-state index contributed by atoms with van der Waals surface area (Å²) in [7, 11) is 1.62. The molecule has 1 aromatic carbocycles. The van der Waals surface area contributed by atoms with Crippen molar-refractivity contribution in [3.8, 4) is 5.75 Å². The van der Waals surface area contributed by atoms with Crippen LogP contribution in [0.1, 0.15) is 13.3 Å². The van der Waals surface area contributed by atoms with E-state index in [0.29, 0.717) is 11.9 Å². The number of methoxy groups -OCH3 is 1. The fourth-order valence-corrected chi connectivity index (χ4v) is 1.69. The molecule has 2 N–H and O–H groups in total. The molecule has 1 heterocycles. The standard InChI is InChI=1S/C13H16ClN5O/c1-3-8-15-12-17-11(14)18-13(19-12)16-9-4-6-10(20-2)7-5-9/h4-7H,3,8H2,1-2H3,(H2,15,16,17,18,19). The summed E-state index contributed by atoms with van der Waals surface area (Å²) in [5.74, 6) is 1.64. The van der Waals surface area contributed by atoms with Gasteiger partial charge in [0, 0.05) is 12.2 Å². The molecule has 106 valence electrons. The van der Waals surface area contributed by atoms with Crippen LogP contribution in [0.25, 0.3) is 0 Å². The minimum absolute atomic E-state index is 0.148. The van der Waals surface area contributed by atoms with Crippen molar-refractivity contribution in [1.29, 1.82) is 0 Å². The maximum absolute atomic E-state index is 5.88. The molecule has 0 bridgehead atoms. The predicted molar refractivity (Wildman–Crippen MR) is 79.9 cm³/mol. The lowest BCUT2D eigenvalue weighted by molar-refractivity contribution is 0.415. The van der Waals surface area contributed by atoms with Crippen LogP contribution in [0.5, 0.6) is 5.75 Å². The summed E-state index contributed by atoms with van der Waals surface area (Å²) >= 11 is 5.88. The van der Waals surface area contributed by atoms with E-state index in [1.807, 2.05) is 24.3 Å². The van der Waals surface area contributed by atoms with Crippen LogP contribution >= 0.6 is 11.6 Å². The van der Waals surface area contributed by atoms with Gasteiger partial charge in [0.15, 0.2) is 0 Å². The van der Waals surface area contributed by atoms with Gasteiger partial charge in [0.05, 0.1) is 7.11 Å². The smallest absolute Gasteiger partial charge is 0.233 e. The van der Waals surface area contributed by atoms with Crippen LogP contribution < -0.4 is 15.4 Å². The number of aromatic nitrogens is 3. The van der Waals surface area contributed by atoms with E-state index >= 15 is 0 Å². The first-order valence-corrected chi connectivity index (χ1v) is 6.65. The van der Waals surface area contributed by atoms with Crippen molar-refractivity contribution in [1.82, 2.24) is 15.0 Å². The first kappa shape index (κ1) is 14.3. The minimum Gasteiger partial charge on any atom is -0.497 e. The van der Waals surface area contributed by atoms with Crippen molar-refractivity contribution in [2.24, 2.45) is 0 Å². The van der Waals surface area contributed by atoms with Gasteiger partial charge in [-0.05, 0) is 42.3 Å². The largest absolute Gasteiger partial charge is 0.497 e. The Morgan fingerprint density at radius 3 is 2.45 bits per heavy atom. The van der Waals surface area contributed by atoms with Gasteiger partial charge in [0.2, 0.25) is 17.2 Å². The lowest BCUT2D eigenvalue weighted by Crippen LogP contribution is -2.07. The van der Waals surface area contributed by atoms with E-state index in [1.165, 1.54) is 0 Å². The van der Waals surface area contributed by atoms with Crippen molar-refractivity contribution >= 4 is 29.2 Å². The van der Waals surface area contributed by atoms with Crippen LogP contribution in [-0.2, 0) is 0 Å². The summed E-state index contributed by atoms with van der Waals surface area (Å²) < 4.78 is 5.10. The normalized spacial score (nSPS) is 10.2. The summed E-state index contributed by atoms with van der Waals surface area (Å²) in [6.07, 6.45) is 0.977. The van der Waals surface area contributed by atoms with Crippen LogP contribution in [0, 0.1) is 0 Å². The van der Waals surface area contributed by atoms with Crippen molar-refractivity contribution in [2.45, 2.75) is 13.3 Å². The third kappa shape index (κ3) is 3.96. The SMILES string of the molecule is CCCNc1nc(Cl)nc(Nc2ccc(OC)cc2)n1. The van der Waals surface area contributed by atoms with Gasteiger partial charge in [-0.1, -0.05) is 6.92 Å². The average molecular weight is 294 g/mol. The van der Waals surface area contributed by atoms with Gasteiger partial charge < -0.3 is 15.4 Å². The number of halogens is 1. The second-order valence-corrected chi connectivity index (χ2v) is 4.37. The highest BCUT2D eigenvalue weighted by atomic mass is 35.5. The molecule has 0 saturated heterocycles. The Kier molecular flexibility index (Phi) is 4.95. The zero-order chi connectivity index (χ0) is 14.4. The Bertz CT molecular complexity index is 561. The Labute approximate surface area is 122 Å². The molecular formula is C13H16ClN5O. The van der Waals surface area contributed by atoms with Gasteiger partial charge in [-0.15, -0.1) is 0 Å². The van der Waals surface area contributed by atoms with Gasteiger partial charge in [0.25, 0.3) is 0 Å². The molecule has 0 aliphatic carbocycles. The molecule has 0 radical (unpaired) electrons. The van der Waals surface area contributed by atoms with Crippen molar-refractivity contribution in [3.63, 3.8) is 0 Å². The topological polar surface area (TPSA) is 72.0 Å². The number of anilines is 3. The Morgan fingerprint density at radius 1 is 1.10 bits per heavy atom. The number of nitrogens with one attached hydrogen (secondary N) is 2. The van der Waals surface area contributed by atoms with Gasteiger partial charge >= 0.3 is 0 Å².